The third kappa shape index (κ3) is 1.69. The van der Waals surface area contributed by atoms with E-state index in [2.05, 4.69) is 9.97 Å². The van der Waals surface area contributed by atoms with Crippen molar-refractivity contribution in [2.45, 2.75) is 6.92 Å². The van der Waals surface area contributed by atoms with Crippen LogP contribution in [0.3, 0.4) is 0 Å². The Morgan fingerprint density at radius 2 is 1.59 bits per heavy atom. The van der Waals surface area contributed by atoms with Crippen LogP contribution in [0.25, 0.3) is 27.9 Å². The van der Waals surface area contributed by atoms with Crippen LogP contribution in [0.2, 0.25) is 0 Å². The molecule has 4 rings (SSSR count). The lowest BCUT2D eigenvalue weighted by atomic mass is 10.2. The smallest absolute Gasteiger partial charge is 0.268 e. The predicted octanol–water partition coefficient (Wildman–Crippen LogP) is 2.58. The van der Waals surface area contributed by atoms with Gasteiger partial charge in [-0.15, -0.1) is 0 Å². The van der Waals surface area contributed by atoms with Crippen molar-refractivity contribution in [2.24, 2.45) is 7.05 Å². The molecule has 0 aliphatic heterocycles. The van der Waals surface area contributed by atoms with Crippen molar-refractivity contribution in [3.8, 4) is 5.95 Å². The van der Waals surface area contributed by atoms with Crippen molar-refractivity contribution in [2.75, 3.05) is 0 Å². The van der Waals surface area contributed by atoms with Gasteiger partial charge in [0.1, 0.15) is 5.82 Å². The van der Waals surface area contributed by atoms with Gasteiger partial charge in [-0.3, -0.25) is 4.79 Å². The van der Waals surface area contributed by atoms with Crippen LogP contribution >= 0.6 is 0 Å². The second-order valence-corrected chi connectivity index (χ2v) is 5.28. The second-order valence-electron chi connectivity index (χ2n) is 5.28. The Labute approximate surface area is 126 Å². The zero-order valence-electron chi connectivity index (χ0n) is 12.3. The normalized spacial score (nSPS) is 11.4. The molecule has 4 aromatic rings. The molecule has 2 aromatic heterocycles. The first-order valence-electron chi connectivity index (χ1n) is 7.07. The molecule has 0 bridgehead atoms. The van der Waals surface area contributed by atoms with Gasteiger partial charge in [0.2, 0.25) is 5.95 Å². The Kier molecular flexibility index (Phi) is 2.63. The SMILES string of the molecule is Cc1nc2ccccc2c(=O)n1-c1nc2ccccc2n1C. The average molecular weight is 290 g/mol. The van der Waals surface area contributed by atoms with E-state index < -0.39 is 0 Å². The highest BCUT2D eigenvalue weighted by Crippen LogP contribution is 2.18. The lowest BCUT2D eigenvalue weighted by Crippen LogP contribution is -2.24. The molecule has 2 heterocycles. The molecule has 0 aliphatic rings. The maximum Gasteiger partial charge on any atom is 0.268 e. The third-order valence-corrected chi connectivity index (χ3v) is 3.91. The minimum Gasteiger partial charge on any atom is -0.313 e. The number of imidazole rings is 1. The van der Waals surface area contributed by atoms with Crippen LogP contribution in [-0.4, -0.2) is 19.1 Å². The summed E-state index contributed by atoms with van der Waals surface area (Å²) in [5.41, 5.74) is 2.46. The summed E-state index contributed by atoms with van der Waals surface area (Å²) in [6.07, 6.45) is 0. The molecular formula is C17H14N4O. The molecule has 0 atom stereocenters. The standard InChI is InChI=1S/C17H14N4O/c1-11-18-13-8-4-3-7-12(13)16(22)21(11)17-19-14-9-5-6-10-15(14)20(17)2/h3-10H,1-2H3. The number of benzene rings is 2. The first kappa shape index (κ1) is 12.8. The van der Waals surface area contributed by atoms with Crippen LogP contribution in [-0.2, 0) is 7.05 Å². The second kappa shape index (κ2) is 4.53. The van der Waals surface area contributed by atoms with E-state index in [9.17, 15) is 4.79 Å². The molecule has 0 saturated heterocycles. The predicted molar refractivity (Wildman–Crippen MR) is 86.3 cm³/mol. The molecule has 0 amide bonds. The zero-order valence-corrected chi connectivity index (χ0v) is 12.3. The van der Waals surface area contributed by atoms with Gasteiger partial charge in [-0.1, -0.05) is 24.3 Å². The van der Waals surface area contributed by atoms with Crippen molar-refractivity contribution in [3.05, 3.63) is 64.7 Å². The van der Waals surface area contributed by atoms with Crippen LogP contribution < -0.4 is 5.56 Å². The van der Waals surface area contributed by atoms with Gasteiger partial charge >= 0.3 is 0 Å². The lowest BCUT2D eigenvalue weighted by molar-refractivity contribution is 0.778. The van der Waals surface area contributed by atoms with E-state index in [1.54, 1.807) is 10.6 Å². The highest BCUT2D eigenvalue weighted by atomic mass is 16.1. The van der Waals surface area contributed by atoms with Gasteiger partial charge in [0.25, 0.3) is 5.56 Å². The van der Waals surface area contributed by atoms with Crippen molar-refractivity contribution >= 4 is 21.9 Å². The molecular weight excluding hydrogens is 276 g/mol. The highest BCUT2D eigenvalue weighted by molar-refractivity contribution is 5.79. The number of hydrogen-bond acceptors (Lipinski definition) is 3. The third-order valence-electron chi connectivity index (χ3n) is 3.91. The fraction of sp³-hybridized carbons (Fsp3) is 0.118. The van der Waals surface area contributed by atoms with Gasteiger partial charge in [-0.25, -0.2) is 14.5 Å². The molecule has 0 spiro atoms. The Morgan fingerprint density at radius 3 is 2.36 bits per heavy atom. The van der Waals surface area contributed by atoms with Crippen molar-refractivity contribution in [1.29, 1.82) is 0 Å². The van der Waals surface area contributed by atoms with E-state index in [1.165, 1.54) is 0 Å². The summed E-state index contributed by atoms with van der Waals surface area (Å²) >= 11 is 0. The molecule has 0 saturated carbocycles. The summed E-state index contributed by atoms with van der Waals surface area (Å²) in [7, 11) is 1.91. The molecule has 0 N–H and O–H groups in total. The number of nitrogens with zero attached hydrogens (tertiary/aromatic N) is 4. The van der Waals surface area contributed by atoms with E-state index in [0.717, 1.165) is 11.0 Å². The van der Waals surface area contributed by atoms with Gasteiger partial charge in [0.15, 0.2) is 0 Å². The molecule has 108 valence electrons. The van der Waals surface area contributed by atoms with Crippen LogP contribution in [0.1, 0.15) is 5.82 Å². The Hall–Kier alpha value is -2.95. The van der Waals surface area contributed by atoms with Crippen molar-refractivity contribution in [1.82, 2.24) is 19.1 Å². The molecule has 2 aromatic carbocycles. The maximum absolute atomic E-state index is 12.8. The average Bonchev–Trinajstić information content (AvgIpc) is 2.85. The highest BCUT2D eigenvalue weighted by Gasteiger charge is 2.15. The van der Waals surface area contributed by atoms with Crippen LogP contribution in [0, 0.1) is 6.92 Å². The number of para-hydroxylation sites is 3. The summed E-state index contributed by atoms with van der Waals surface area (Å²) in [5.74, 6) is 1.21. The number of fused-ring (bicyclic) bond motifs is 2. The fourth-order valence-electron chi connectivity index (χ4n) is 2.81. The van der Waals surface area contributed by atoms with Crippen LogP contribution in [0.5, 0.6) is 0 Å². The van der Waals surface area contributed by atoms with Crippen LogP contribution in [0.4, 0.5) is 0 Å². The first-order valence-corrected chi connectivity index (χ1v) is 7.07. The van der Waals surface area contributed by atoms with Gasteiger partial charge < -0.3 is 4.57 Å². The molecule has 0 aliphatic carbocycles. The van der Waals surface area contributed by atoms with E-state index in [4.69, 9.17) is 0 Å². The molecule has 22 heavy (non-hydrogen) atoms. The zero-order chi connectivity index (χ0) is 15.3. The maximum atomic E-state index is 12.8. The summed E-state index contributed by atoms with van der Waals surface area (Å²) < 4.78 is 3.49. The molecule has 0 unspecified atom stereocenters. The quantitative estimate of drug-likeness (QED) is 0.541. The van der Waals surface area contributed by atoms with E-state index in [0.29, 0.717) is 22.7 Å². The number of rotatable bonds is 1. The fourth-order valence-corrected chi connectivity index (χ4v) is 2.81. The minimum atomic E-state index is -0.0958. The largest absolute Gasteiger partial charge is 0.313 e. The summed E-state index contributed by atoms with van der Waals surface area (Å²) in [6.45, 7) is 1.83. The first-order chi connectivity index (χ1) is 10.7. The molecule has 0 radical (unpaired) electrons. The topological polar surface area (TPSA) is 52.7 Å². The Morgan fingerprint density at radius 1 is 0.909 bits per heavy atom. The Bertz CT molecular complexity index is 1080. The van der Waals surface area contributed by atoms with E-state index in [-0.39, 0.29) is 5.56 Å². The van der Waals surface area contributed by atoms with Gasteiger partial charge in [0, 0.05) is 7.05 Å². The summed E-state index contributed by atoms with van der Waals surface area (Å²) in [4.78, 5) is 22.0. The van der Waals surface area contributed by atoms with Gasteiger partial charge in [-0.2, -0.15) is 0 Å². The summed E-state index contributed by atoms with van der Waals surface area (Å²) in [6, 6.07) is 15.2. The van der Waals surface area contributed by atoms with E-state index in [1.807, 2.05) is 61.0 Å². The van der Waals surface area contributed by atoms with E-state index >= 15 is 0 Å². The minimum absolute atomic E-state index is 0.0958. The summed E-state index contributed by atoms with van der Waals surface area (Å²) in [5, 5.41) is 0.597. The molecule has 0 fully saturated rings. The van der Waals surface area contributed by atoms with Gasteiger partial charge in [0.05, 0.1) is 21.9 Å². The number of aromatic nitrogens is 4. The lowest BCUT2D eigenvalue weighted by Gasteiger charge is -2.10. The Balaban J connectivity index is 2.12. The molecule has 5 nitrogen and oxygen atoms in total. The van der Waals surface area contributed by atoms with Gasteiger partial charge in [-0.05, 0) is 31.2 Å². The molecule has 5 heteroatoms. The van der Waals surface area contributed by atoms with Crippen molar-refractivity contribution in [3.63, 3.8) is 0 Å². The monoisotopic (exact) mass is 290 g/mol. The number of hydrogen-bond donors (Lipinski definition) is 0. The van der Waals surface area contributed by atoms with Crippen LogP contribution in [0.15, 0.2) is 53.3 Å². The number of aryl methyl sites for hydroxylation is 2. The van der Waals surface area contributed by atoms with Crippen molar-refractivity contribution < 1.29 is 0 Å².